The molecule has 2 aromatic rings. The van der Waals surface area contributed by atoms with Gasteiger partial charge in [-0.3, -0.25) is 0 Å². The number of hydrogen-bond donors (Lipinski definition) is 1. The molecule has 0 fully saturated rings. The molecule has 1 heterocycles. The van der Waals surface area contributed by atoms with E-state index < -0.39 is 0 Å². The molecular formula is C16H23N3. The Bertz CT molecular complexity index is 552. The first-order valence-electron chi connectivity index (χ1n) is 6.99. The van der Waals surface area contributed by atoms with Crippen LogP contribution >= 0.6 is 0 Å². The largest absolute Gasteiger partial charge is 0.324 e. The maximum Gasteiger partial charge on any atom is 0.0649 e. The molecule has 0 bridgehead atoms. The number of benzene rings is 1. The summed E-state index contributed by atoms with van der Waals surface area (Å²) in [4.78, 5) is 0. The van der Waals surface area contributed by atoms with Gasteiger partial charge in [-0.1, -0.05) is 26.0 Å². The summed E-state index contributed by atoms with van der Waals surface area (Å²) in [6, 6.07) is 8.53. The van der Waals surface area contributed by atoms with Crippen molar-refractivity contribution in [2.45, 2.75) is 46.6 Å². The standard InChI is InChI=1S/C16H23N3/c1-5-15-11(3)18-19(12(15)4)14-9-7-13(8-10-14)16(17)6-2/h7-10,16H,5-6,17H2,1-4H3/t16-/m1/s1. The maximum atomic E-state index is 6.04. The lowest BCUT2D eigenvalue weighted by Gasteiger charge is -2.11. The summed E-state index contributed by atoms with van der Waals surface area (Å²) < 4.78 is 2.02. The first-order valence-corrected chi connectivity index (χ1v) is 6.99. The molecule has 102 valence electrons. The molecule has 1 aromatic heterocycles. The molecule has 0 amide bonds. The van der Waals surface area contributed by atoms with Gasteiger partial charge in [0.15, 0.2) is 0 Å². The minimum Gasteiger partial charge on any atom is -0.324 e. The van der Waals surface area contributed by atoms with E-state index in [1.165, 1.54) is 16.8 Å². The van der Waals surface area contributed by atoms with E-state index >= 15 is 0 Å². The van der Waals surface area contributed by atoms with E-state index in [-0.39, 0.29) is 6.04 Å². The van der Waals surface area contributed by atoms with Crippen LogP contribution in [0.2, 0.25) is 0 Å². The second kappa shape index (κ2) is 5.57. The predicted molar refractivity (Wildman–Crippen MR) is 79.6 cm³/mol. The Hall–Kier alpha value is -1.61. The Labute approximate surface area is 115 Å². The third-order valence-electron chi connectivity index (χ3n) is 3.80. The van der Waals surface area contributed by atoms with Crippen LogP contribution in [0.25, 0.3) is 5.69 Å². The highest BCUT2D eigenvalue weighted by molar-refractivity contribution is 5.39. The average molecular weight is 257 g/mol. The smallest absolute Gasteiger partial charge is 0.0649 e. The molecule has 3 heteroatoms. The molecule has 0 aliphatic carbocycles. The van der Waals surface area contributed by atoms with Gasteiger partial charge in [0.25, 0.3) is 0 Å². The summed E-state index contributed by atoms with van der Waals surface area (Å²) in [5.41, 5.74) is 12.0. The molecule has 19 heavy (non-hydrogen) atoms. The molecule has 3 nitrogen and oxygen atoms in total. The van der Waals surface area contributed by atoms with Crippen molar-refractivity contribution in [2.75, 3.05) is 0 Å². The lowest BCUT2D eigenvalue weighted by Crippen LogP contribution is -2.08. The zero-order chi connectivity index (χ0) is 14.0. The number of nitrogens with two attached hydrogens (primary N) is 1. The zero-order valence-electron chi connectivity index (χ0n) is 12.3. The van der Waals surface area contributed by atoms with Gasteiger partial charge in [-0.2, -0.15) is 5.10 Å². The van der Waals surface area contributed by atoms with E-state index in [2.05, 4.69) is 57.1 Å². The minimum atomic E-state index is 0.126. The highest BCUT2D eigenvalue weighted by Gasteiger charge is 2.11. The van der Waals surface area contributed by atoms with Crippen LogP contribution in [0.3, 0.4) is 0 Å². The summed E-state index contributed by atoms with van der Waals surface area (Å²) in [5, 5.41) is 4.63. The molecule has 2 rings (SSSR count). The Morgan fingerprint density at radius 3 is 2.26 bits per heavy atom. The third-order valence-corrected chi connectivity index (χ3v) is 3.80. The second-order valence-electron chi connectivity index (χ2n) is 5.02. The van der Waals surface area contributed by atoms with E-state index in [1.807, 2.05) is 4.68 Å². The summed E-state index contributed by atoms with van der Waals surface area (Å²) in [6.45, 7) is 8.48. The molecule has 0 aliphatic rings. The fraction of sp³-hybridized carbons (Fsp3) is 0.438. The molecule has 0 radical (unpaired) electrons. The molecule has 2 N–H and O–H groups in total. The van der Waals surface area contributed by atoms with Crippen LogP contribution in [-0.4, -0.2) is 9.78 Å². The van der Waals surface area contributed by atoms with Gasteiger partial charge in [0.05, 0.1) is 11.4 Å². The fourth-order valence-electron chi connectivity index (χ4n) is 2.54. The van der Waals surface area contributed by atoms with Gasteiger partial charge in [-0.05, 0) is 49.9 Å². The van der Waals surface area contributed by atoms with Crippen molar-refractivity contribution in [3.8, 4) is 5.69 Å². The van der Waals surface area contributed by atoms with Crippen LogP contribution in [0, 0.1) is 13.8 Å². The van der Waals surface area contributed by atoms with Gasteiger partial charge in [0.1, 0.15) is 0 Å². The van der Waals surface area contributed by atoms with Crippen LogP contribution in [0.5, 0.6) is 0 Å². The van der Waals surface area contributed by atoms with Crippen molar-refractivity contribution >= 4 is 0 Å². The van der Waals surface area contributed by atoms with Crippen molar-refractivity contribution < 1.29 is 0 Å². The third kappa shape index (κ3) is 2.56. The number of aromatic nitrogens is 2. The van der Waals surface area contributed by atoms with E-state index in [1.54, 1.807) is 0 Å². The Morgan fingerprint density at radius 2 is 1.79 bits per heavy atom. The van der Waals surface area contributed by atoms with Crippen molar-refractivity contribution in [1.82, 2.24) is 9.78 Å². The number of nitrogens with zero attached hydrogens (tertiary/aromatic N) is 2. The average Bonchev–Trinajstić information content (AvgIpc) is 2.72. The monoisotopic (exact) mass is 257 g/mol. The van der Waals surface area contributed by atoms with Crippen molar-refractivity contribution in [2.24, 2.45) is 5.73 Å². The lowest BCUT2D eigenvalue weighted by atomic mass is 10.1. The lowest BCUT2D eigenvalue weighted by molar-refractivity contribution is 0.698. The summed E-state index contributed by atoms with van der Waals surface area (Å²) in [6.07, 6.45) is 1.98. The van der Waals surface area contributed by atoms with Crippen molar-refractivity contribution in [3.05, 3.63) is 46.8 Å². The quantitative estimate of drug-likeness (QED) is 0.911. The SMILES string of the molecule is CCc1c(C)nn(-c2ccc([C@H](N)CC)cc2)c1C. The van der Waals surface area contributed by atoms with Crippen LogP contribution in [0.15, 0.2) is 24.3 Å². The van der Waals surface area contributed by atoms with Gasteiger partial charge >= 0.3 is 0 Å². The van der Waals surface area contributed by atoms with Crippen molar-refractivity contribution in [1.29, 1.82) is 0 Å². The topological polar surface area (TPSA) is 43.8 Å². The Kier molecular flexibility index (Phi) is 4.05. The Morgan fingerprint density at radius 1 is 1.16 bits per heavy atom. The highest BCUT2D eigenvalue weighted by atomic mass is 15.3. The van der Waals surface area contributed by atoms with E-state index in [9.17, 15) is 0 Å². The van der Waals surface area contributed by atoms with Gasteiger partial charge in [-0.25, -0.2) is 4.68 Å². The molecule has 1 aromatic carbocycles. The number of hydrogen-bond acceptors (Lipinski definition) is 2. The molecule has 0 saturated carbocycles. The predicted octanol–water partition coefficient (Wildman–Crippen LogP) is 3.46. The normalized spacial score (nSPS) is 12.7. The van der Waals surface area contributed by atoms with Gasteiger partial charge in [0, 0.05) is 11.7 Å². The number of rotatable bonds is 4. The fourth-order valence-corrected chi connectivity index (χ4v) is 2.54. The molecule has 0 spiro atoms. The molecular weight excluding hydrogens is 234 g/mol. The van der Waals surface area contributed by atoms with Gasteiger partial charge in [-0.15, -0.1) is 0 Å². The van der Waals surface area contributed by atoms with E-state index in [0.717, 1.165) is 24.2 Å². The Balaban J connectivity index is 2.37. The van der Waals surface area contributed by atoms with Crippen LogP contribution in [-0.2, 0) is 6.42 Å². The van der Waals surface area contributed by atoms with Crippen LogP contribution in [0.1, 0.15) is 48.8 Å². The van der Waals surface area contributed by atoms with Gasteiger partial charge in [0.2, 0.25) is 0 Å². The van der Waals surface area contributed by atoms with Gasteiger partial charge < -0.3 is 5.73 Å². The summed E-state index contributed by atoms with van der Waals surface area (Å²) >= 11 is 0. The summed E-state index contributed by atoms with van der Waals surface area (Å²) in [5.74, 6) is 0. The molecule has 1 atom stereocenters. The van der Waals surface area contributed by atoms with Crippen molar-refractivity contribution in [3.63, 3.8) is 0 Å². The zero-order valence-corrected chi connectivity index (χ0v) is 12.3. The maximum absolute atomic E-state index is 6.04. The molecule has 0 saturated heterocycles. The molecule has 0 aliphatic heterocycles. The van der Waals surface area contributed by atoms with Crippen LogP contribution < -0.4 is 5.73 Å². The molecule has 0 unspecified atom stereocenters. The summed E-state index contributed by atoms with van der Waals surface area (Å²) in [7, 11) is 0. The first kappa shape index (κ1) is 13.8. The minimum absolute atomic E-state index is 0.126. The second-order valence-corrected chi connectivity index (χ2v) is 5.02. The van der Waals surface area contributed by atoms with E-state index in [4.69, 9.17) is 5.73 Å². The number of aryl methyl sites for hydroxylation is 1. The van der Waals surface area contributed by atoms with Crippen LogP contribution in [0.4, 0.5) is 0 Å². The van der Waals surface area contributed by atoms with E-state index in [0.29, 0.717) is 0 Å². The highest BCUT2D eigenvalue weighted by Crippen LogP contribution is 2.20. The first-order chi connectivity index (χ1) is 9.08.